The van der Waals surface area contributed by atoms with Gasteiger partial charge < -0.3 is 10.0 Å². The molecule has 4 nitrogen and oxygen atoms in total. The number of aliphatic hydroxyl groups is 1. The first kappa shape index (κ1) is 18.4. The second-order valence-electron chi connectivity index (χ2n) is 6.89. The van der Waals surface area contributed by atoms with E-state index in [4.69, 9.17) is 11.6 Å². The van der Waals surface area contributed by atoms with Gasteiger partial charge in [0.05, 0.1) is 12.1 Å². The Labute approximate surface area is 167 Å². The maximum absolute atomic E-state index is 13.0. The zero-order valence-electron chi connectivity index (χ0n) is 15.1. The number of hydrogen-bond donors (Lipinski definition) is 1. The van der Waals surface area contributed by atoms with Crippen LogP contribution in [0.25, 0.3) is 10.8 Å². The minimum Gasteiger partial charge on any atom is -0.375 e. The summed E-state index contributed by atoms with van der Waals surface area (Å²) in [6, 6.07) is 17.9. The van der Waals surface area contributed by atoms with Crippen molar-refractivity contribution in [3.8, 4) is 0 Å². The Bertz CT molecular complexity index is 1120. The summed E-state index contributed by atoms with van der Waals surface area (Å²) < 4.78 is 0. The number of amides is 1. The van der Waals surface area contributed by atoms with E-state index < -0.39 is 11.5 Å². The first-order valence-electron chi connectivity index (χ1n) is 8.91. The van der Waals surface area contributed by atoms with Gasteiger partial charge in [-0.2, -0.15) is 0 Å². The fourth-order valence-corrected chi connectivity index (χ4v) is 3.87. The molecule has 0 aliphatic carbocycles. The van der Waals surface area contributed by atoms with E-state index in [1.165, 1.54) is 4.90 Å². The summed E-state index contributed by atoms with van der Waals surface area (Å²) in [6.45, 7) is 3.90. The van der Waals surface area contributed by atoms with E-state index in [2.05, 4.69) is 6.58 Å². The Morgan fingerprint density at radius 3 is 2.61 bits per heavy atom. The molecule has 1 atom stereocenters. The predicted octanol–water partition coefficient (Wildman–Crippen LogP) is 4.49. The Balaban J connectivity index is 1.73. The number of ketones is 1. The quantitative estimate of drug-likeness (QED) is 0.515. The highest BCUT2D eigenvalue weighted by molar-refractivity contribution is 6.31. The summed E-state index contributed by atoms with van der Waals surface area (Å²) >= 11 is 6.10. The smallest absolute Gasteiger partial charge is 0.264 e. The molecular weight excluding hydrogens is 374 g/mol. The van der Waals surface area contributed by atoms with Gasteiger partial charge in [-0.25, -0.2) is 0 Å². The lowest BCUT2D eigenvalue weighted by molar-refractivity contribution is -0.135. The van der Waals surface area contributed by atoms with Gasteiger partial charge in [0.15, 0.2) is 11.4 Å². The fraction of sp³-hybridized carbons (Fsp3) is 0.130. The summed E-state index contributed by atoms with van der Waals surface area (Å²) in [5.41, 5.74) is -0.610. The molecule has 140 valence electrons. The van der Waals surface area contributed by atoms with Gasteiger partial charge in [-0.3, -0.25) is 9.59 Å². The topological polar surface area (TPSA) is 57.6 Å². The standard InChI is InChI=1S/C23H18ClNO3/c1-2-11-25-20-10-9-18(24)13-19(20)23(28,22(25)27)14-21(26)17-8-7-15-5-3-4-6-16(15)12-17/h2-10,12-13,28H,1,11,14H2. The van der Waals surface area contributed by atoms with Crippen LogP contribution in [0.3, 0.4) is 0 Å². The molecule has 0 bridgehead atoms. The molecule has 0 fully saturated rings. The largest absolute Gasteiger partial charge is 0.375 e. The summed E-state index contributed by atoms with van der Waals surface area (Å²) in [4.78, 5) is 27.4. The van der Waals surface area contributed by atoms with E-state index in [-0.39, 0.29) is 18.7 Å². The average molecular weight is 392 g/mol. The minimum atomic E-state index is -1.95. The second kappa shape index (κ2) is 6.89. The lowest BCUT2D eigenvalue weighted by atomic mass is 9.87. The Hall–Kier alpha value is -2.95. The van der Waals surface area contributed by atoms with E-state index in [1.54, 1.807) is 36.4 Å². The van der Waals surface area contributed by atoms with E-state index in [1.807, 2.05) is 30.3 Å². The van der Waals surface area contributed by atoms with Gasteiger partial charge in [0, 0.05) is 22.7 Å². The highest BCUT2D eigenvalue weighted by Crippen LogP contribution is 2.44. The molecule has 28 heavy (non-hydrogen) atoms. The number of halogens is 1. The maximum atomic E-state index is 13.0. The number of nitrogens with zero attached hydrogens (tertiary/aromatic N) is 1. The Kier molecular flexibility index (Phi) is 4.53. The predicted molar refractivity (Wildman–Crippen MR) is 111 cm³/mol. The molecule has 1 unspecified atom stereocenters. The molecule has 0 aromatic heterocycles. The molecule has 4 rings (SSSR count). The molecule has 1 amide bonds. The van der Waals surface area contributed by atoms with Crippen molar-refractivity contribution >= 4 is 39.8 Å². The number of benzene rings is 3. The fourth-order valence-electron chi connectivity index (χ4n) is 3.70. The molecule has 1 aliphatic rings. The number of fused-ring (bicyclic) bond motifs is 2. The molecule has 3 aromatic rings. The molecule has 1 heterocycles. The second-order valence-corrected chi connectivity index (χ2v) is 7.32. The third-order valence-electron chi connectivity index (χ3n) is 5.09. The lowest BCUT2D eigenvalue weighted by Crippen LogP contribution is -2.41. The molecule has 0 saturated heterocycles. The van der Waals surface area contributed by atoms with Crippen LogP contribution in [0.2, 0.25) is 5.02 Å². The molecule has 1 N–H and O–H groups in total. The van der Waals surface area contributed by atoms with Crippen molar-refractivity contribution in [2.45, 2.75) is 12.0 Å². The summed E-state index contributed by atoms with van der Waals surface area (Å²) in [6.07, 6.45) is 1.22. The van der Waals surface area contributed by atoms with Crippen molar-refractivity contribution < 1.29 is 14.7 Å². The molecule has 0 radical (unpaired) electrons. The molecule has 5 heteroatoms. The molecule has 3 aromatic carbocycles. The van der Waals surface area contributed by atoms with Gasteiger partial charge in [0.1, 0.15) is 0 Å². The monoisotopic (exact) mass is 391 g/mol. The zero-order valence-corrected chi connectivity index (χ0v) is 15.8. The normalized spacial score (nSPS) is 18.4. The summed E-state index contributed by atoms with van der Waals surface area (Å²) in [5, 5.41) is 13.6. The van der Waals surface area contributed by atoms with Crippen molar-refractivity contribution in [1.29, 1.82) is 0 Å². The van der Waals surface area contributed by atoms with Crippen LogP contribution < -0.4 is 4.90 Å². The third kappa shape index (κ3) is 2.91. The van der Waals surface area contributed by atoms with E-state index in [0.717, 1.165) is 10.8 Å². The van der Waals surface area contributed by atoms with Gasteiger partial charge in [-0.15, -0.1) is 6.58 Å². The van der Waals surface area contributed by atoms with Crippen LogP contribution in [0.5, 0.6) is 0 Å². The van der Waals surface area contributed by atoms with Crippen LogP contribution >= 0.6 is 11.6 Å². The van der Waals surface area contributed by atoms with Gasteiger partial charge >= 0.3 is 0 Å². The Morgan fingerprint density at radius 2 is 1.86 bits per heavy atom. The van der Waals surface area contributed by atoms with Crippen molar-refractivity contribution in [3.63, 3.8) is 0 Å². The van der Waals surface area contributed by atoms with Crippen molar-refractivity contribution in [2.75, 3.05) is 11.4 Å². The van der Waals surface area contributed by atoms with E-state index in [0.29, 0.717) is 21.8 Å². The van der Waals surface area contributed by atoms with Crippen LogP contribution in [-0.2, 0) is 10.4 Å². The van der Waals surface area contributed by atoms with Crippen LogP contribution in [0.4, 0.5) is 5.69 Å². The average Bonchev–Trinajstić information content (AvgIpc) is 2.89. The van der Waals surface area contributed by atoms with Crippen LogP contribution in [-0.4, -0.2) is 23.3 Å². The van der Waals surface area contributed by atoms with Crippen LogP contribution in [0.15, 0.2) is 73.3 Å². The maximum Gasteiger partial charge on any atom is 0.264 e. The molecular formula is C23H18ClNO3. The van der Waals surface area contributed by atoms with Gasteiger partial charge in [-0.1, -0.05) is 54.1 Å². The number of Topliss-reactive ketones (excluding diaryl/α,β-unsaturated/α-hetero) is 1. The summed E-state index contributed by atoms with van der Waals surface area (Å²) in [5.74, 6) is -0.855. The lowest BCUT2D eigenvalue weighted by Gasteiger charge is -2.22. The van der Waals surface area contributed by atoms with Crippen LogP contribution in [0, 0.1) is 0 Å². The van der Waals surface area contributed by atoms with Crippen molar-refractivity contribution in [2.24, 2.45) is 0 Å². The Morgan fingerprint density at radius 1 is 1.11 bits per heavy atom. The first-order valence-corrected chi connectivity index (χ1v) is 9.29. The number of rotatable bonds is 5. The highest BCUT2D eigenvalue weighted by atomic mass is 35.5. The summed E-state index contributed by atoms with van der Waals surface area (Å²) in [7, 11) is 0. The van der Waals surface area contributed by atoms with Gasteiger partial charge in [0.25, 0.3) is 5.91 Å². The van der Waals surface area contributed by atoms with Gasteiger partial charge in [0.2, 0.25) is 0 Å². The zero-order chi connectivity index (χ0) is 19.9. The number of carbonyl (C=O) groups excluding carboxylic acids is 2. The van der Waals surface area contributed by atoms with E-state index in [9.17, 15) is 14.7 Å². The minimum absolute atomic E-state index is 0.236. The number of anilines is 1. The number of hydrogen-bond acceptors (Lipinski definition) is 3. The van der Waals surface area contributed by atoms with Crippen molar-refractivity contribution in [3.05, 3.63) is 89.5 Å². The molecule has 1 aliphatic heterocycles. The molecule has 0 saturated carbocycles. The van der Waals surface area contributed by atoms with Crippen LogP contribution in [0.1, 0.15) is 22.3 Å². The SMILES string of the molecule is C=CCN1C(=O)C(O)(CC(=O)c2ccc3ccccc3c2)c2cc(Cl)ccc21. The highest BCUT2D eigenvalue weighted by Gasteiger charge is 2.50. The van der Waals surface area contributed by atoms with E-state index >= 15 is 0 Å². The molecule has 0 spiro atoms. The number of carbonyl (C=O) groups is 2. The van der Waals surface area contributed by atoms with Crippen molar-refractivity contribution in [1.82, 2.24) is 0 Å². The first-order chi connectivity index (χ1) is 13.4. The van der Waals surface area contributed by atoms with Gasteiger partial charge in [-0.05, 0) is 35.0 Å². The third-order valence-corrected chi connectivity index (χ3v) is 5.33.